The van der Waals surface area contributed by atoms with Gasteiger partial charge in [0.05, 0.1) is 13.2 Å². The highest BCUT2D eigenvalue weighted by Gasteiger charge is 2.21. The lowest BCUT2D eigenvalue weighted by atomic mass is 10.2. The average molecular weight is 347 g/mol. The largest absolute Gasteiger partial charge is 0.378 e. The van der Waals surface area contributed by atoms with E-state index in [0.717, 1.165) is 56.1 Å². The van der Waals surface area contributed by atoms with Gasteiger partial charge >= 0.3 is 0 Å². The van der Waals surface area contributed by atoms with Gasteiger partial charge in [-0.15, -0.1) is 10.2 Å². The third-order valence-corrected chi connectivity index (χ3v) is 4.97. The van der Waals surface area contributed by atoms with E-state index in [0.29, 0.717) is 5.92 Å². The third kappa shape index (κ3) is 4.51. The van der Waals surface area contributed by atoms with Crippen LogP contribution in [0.3, 0.4) is 0 Å². The summed E-state index contributed by atoms with van der Waals surface area (Å²) in [6.45, 7) is 8.75. The second-order valence-corrected chi connectivity index (χ2v) is 7.53. The van der Waals surface area contributed by atoms with Crippen molar-refractivity contribution in [2.24, 2.45) is 5.92 Å². The molecule has 2 aromatic rings. The van der Waals surface area contributed by atoms with Crippen molar-refractivity contribution < 1.29 is 4.74 Å². The summed E-state index contributed by atoms with van der Waals surface area (Å²) in [4.78, 5) is 2.29. The number of rotatable bonds is 7. The van der Waals surface area contributed by atoms with Crippen LogP contribution in [0, 0.1) is 5.92 Å². The smallest absolute Gasteiger partial charge is 0.228 e. The molecule has 130 valence electrons. The second-order valence-electron chi connectivity index (χ2n) is 6.47. The summed E-state index contributed by atoms with van der Waals surface area (Å²) >= 11 is 1.80. The summed E-state index contributed by atoms with van der Waals surface area (Å²) in [6, 6.07) is 10.6. The van der Waals surface area contributed by atoms with E-state index in [-0.39, 0.29) is 0 Å². The van der Waals surface area contributed by atoms with E-state index in [1.807, 2.05) is 0 Å². The molecule has 1 aliphatic rings. The van der Waals surface area contributed by atoms with E-state index in [1.165, 1.54) is 5.56 Å². The number of aromatic nitrogens is 3. The van der Waals surface area contributed by atoms with E-state index in [2.05, 4.69) is 63.8 Å². The number of hydrogen-bond donors (Lipinski definition) is 0. The summed E-state index contributed by atoms with van der Waals surface area (Å²) in [5, 5.41) is 9.98. The van der Waals surface area contributed by atoms with Crippen molar-refractivity contribution in [3.8, 4) is 0 Å². The lowest BCUT2D eigenvalue weighted by molar-refractivity contribution is 0.121. The van der Waals surface area contributed by atoms with Crippen LogP contribution < -0.4 is 4.90 Å². The van der Waals surface area contributed by atoms with Crippen LogP contribution in [-0.4, -0.2) is 46.8 Å². The quantitative estimate of drug-likeness (QED) is 0.721. The van der Waals surface area contributed by atoms with Crippen LogP contribution in [0.1, 0.15) is 19.4 Å². The summed E-state index contributed by atoms with van der Waals surface area (Å²) in [5.41, 5.74) is 1.37. The molecule has 0 radical (unpaired) electrons. The molecule has 24 heavy (non-hydrogen) atoms. The maximum atomic E-state index is 5.46. The van der Waals surface area contributed by atoms with Gasteiger partial charge in [0.25, 0.3) is 0 Å². The molecule has 0 bridgehead atoms. The number of aryl methyl sites for hydroxylation is 1. The molecular formula is C18H26N4OS. The normalized spacial score (nSPS) is 15.2. The monoisotopic (exact) mass is 346 g/mol. The molecule has 0 N–H and O–H groups in total. The molecule has 5 nitrogen and oxygen atoms in total. The SMILES string of the molecule is CC(C)Cn1c(SCCc2ccccc2)nnc1N1CCOCC1. The van der Waals surface area contributed by atoms with Gasteiger partial charge in [-0.05, 0) is 17.9 Å². The predicted molar refractivity (Wildman–Crippen MR) is 98.8 cm³/mol. The Morgan fingerprint density at radius 2 is 1.88 bits per heavy atom. The first-order valence-electron chi connectivity index (χ1n) is 8.66. The lowest BCUT2D eigenvalue weighted by Crippen LogP contribution is -2.38. The number of hydrogen-bond acceptors (Lipinski definition) is 5. The standard InChI is InChI=1S/C18H26N4OS/c1-15(2)14-22-17(21-9-11-23-12-10-21)19-20-18(22)24-13-8-16-6-4-3-5-7-16/h3-7,15H,8-14H2,1-2H3. The van der Waals surface area contributed by atoms with Gasteiger partial charge < -0.3 is 9.64 Å². The highest BCUT2D eigenvalue weighted by molar-refractivity contribution is 7.99. The molecule has 1 fully saturated rings. The Kier molecular flexibility index (Phi) is 6.15. The summed E-state index contributed by atoms with van der Waals surface area (Å²) < 4.78 is 7.74. The molecule has 0 spiro atoms. The number of morpholine rings is 1. The van der Waals surface area contributed by atoms with Crippen molar-refractivity contribution in [3.05, 3.63) is 35.9 Å². The number of benzene rings is 1. The Balaban J connectivity index is 1.68. The zero-order valence-electron chi connectivity index (χ0n) is 14.5. The van der Waals surface area contributed by atoms with E-state index in [4.69, 9.17) is 4.74 Å². The van der Waals surface area contributed by atoms with Gasteiger partial charge in [0.15, 0.2) is 5.16 Å². The maximum absolute atomic E-state index is 5.46. The third-order valence-electron chi connectivity index (χ3n) is 4.00. The first-order valence-corrected chi connectivity index (χ1v) is 9.65. The summed E-state index contributed by atoms with van der Waals surface area (Å²) in [5.74, 6) is 2.58. The van der Waals surface area contributed by atoms with Gasteiger partial charge in [-0.2, -0.15) is 0 Å². The second kappa shape index (κ2) is 8.53. The molecule has 1 aromatic carbocycles. The van der Waals surface area contributed by atoms with E-state index in [1.54, 1.807) is 11.8 Å². The molecule has 2 heterocycles. The molecule has 0 aliphatic carbocycles. The highest BCUT2D eigenvalue weighted by atomic mass is 32.2. The first-order chi connectivity index (χ1) is 11.7. The Hall–Kier alpha value is -1.53. The van der Waals surface area contributed by atoms with Gasteiger partial charge in [-0.3, -0.25) is 4.57 Å². The van der Waals surface area contributed by atoms with Crippen LogP contribution in [0.15, 0.2) is 35.5 Å². The van der Waals surface area contributed by atoms with Crippen molar-refractivity contribution in [1.29, 1.82) is 0 Å². The van der Waals surface area contributed by atoms with E-state index in [9.17, 15) is 0 Å². The number of thioether (sulfide) groups is 1. The van der Waals surface area contributed by atoms with Crippen molar-refractivity contribution in [2.45, 2.75) is 32.0 Å². The molecule has 0 unspecified atom stereocenters. The minimum Gasteiger partial charge on any atom is -0.378 e. The van der Waals surface area contributed by atoms with Crippen LogP contribution in [-0.2, 0) is 17.7 Å². The van der Waals surface area contributed by atoms with Crippen molar-refractivity contribution in [1.82, 2.24) is 14.8 Å². The van der Waals surface area contributed by atoms with Crippen LogP contribution in [0.4, 0.5) is 5.95 Å². The van der Waals surface area contributed by atoms with Gasteiger partial charge in [0.2, 0.25) is 5.95 Å². The Bertz CT molecular complexity index is 623. The number of anilines is 1. The fraction of sp³-hybridized carbons (Fsp3) is 0.556. The lowest BCUT2D eigenvalue weighted by Gasteiger charge is -2.28. The zero-order valence-corrected chi connectivity index (χ0v) is 15.3. The zero-order chi connectivity index (χ0) is 16.8. The molecule has 3 rings (SSSR count). The maximum Gasteiger partial charge on any atom is 0.228 e. The Labute approximate surface area is 148 Å². The van der Waals surface area contributed by atoms with Crippen LogP contribution in [0.2, 0.25) is 0 Å². The van der Waals surface area contributed by atoms with Crippen molar-refractivity contribution in [2.75, 3.05) is 37.0 Å². The first kappa shape index (κ1) is 17.3. The van der Waals surface area contributed by atoms with E-state index >= 15 is 0 Å². The Morgan fingerprint density at radius 1 is 1.12 bits per heavy atom. The molecule has 1 aromatic heterocycles. The van der Waals surface area contributed by atoms with Gasteiger partial charge in [-0.25, -0.2) is 0 Å². The number of ether oxygens (including phenoxy) is 1. The molecule has 0 atom stereocenters. The topological polar surface area (TPSA) is 43.2 Å². The van der Waals surface area contributed by atoms with Gasteiger partial charge in [-0.1, -0.05) is 55.9 Å². The van der Waals surface area contributed by atoms with Gasteiger partial charge in [0.1, 0.15) is 0 Å². The Morgan fingerprint density at radius 3 is 2.58 bits per heavy atom. The summed E-state index contributed by atoms with van der Waals surface area (Å²) in [7, 11) is 0. The van der Waals surface area contributed by atoms with Crippen molar-refractivity contribution in [3.63, 3.8) is 0 Å². The summed E-state index contributed by atoms with van der Waals surface area (Å²) in [6.07, 6.45) is 1.05. The highest BCUT2D eigenvalue weighted by Crippen LogP contribution is 2.24. The van der Waals surface area contributed by atoms with Gasteiger partial charge in [0, 0.05) is 25.4 Å². The van der Waals surface area contributed by atoms with Crippen LogP contribution in [0.25, 0.3) is 0 Å². The van der Waals surface area contributed by atoms with Crippen molar-refractivity contribution >= 4 is 17.7 Å². The molecule has 0 saturated carbocycles. The molecule has 1 aliphatic heterocycles. The fourth-order valence-corrected chi connectivity index (χ4v) is 3.75. The van der Waals surface area contributed by atoms with Crippen LogP contribution in [0.5, 0.6) is 0 Å². The van der Waals surface area contributed by atoms with E-state index < -0.39 is 0 Å². The van der Waals surface area contributed by atoms with Crippen LogP contribution >= 0.6 is 11.8 Å². The molecule has 0 amide bonds. The molecule has 6 heteroatoms. The predicted octanol–water partition coefficient (Wildman–Crippen LogP) is 3.11. The molecule has 1 saturated heterocycles. The minimum absolute atomic E-state index is 0.564. The molecular weight excluding hydrogens is 320 g/mol. The average Bonchev–Trinajstić information content (AvgIpc) is 2.99. The fourth-order valence-electron chi connectivity index (χ4n) is 2.81. The minimum atomic E-state index is 0.564. The number of nitrogens with zero attached hydrogens (tertiary/aromatic N) is 4.